The second-order valence-corrected chi connectivity index (χ2v) is 9.78. The average Bonchev–Trinajstić information content (AvgIpc) is 3.31. The lowest BCUT2D eigenvalue weighted by atomic mass is 9.47. The summed E-state index contributed by atoms with van der Waals surface area (Å²) in [5.41, 5.74) is -1.43. The smallest absolute Gasteiger partial charge is 0.338 e. The van der Waals surface area contributed by atoms with Crippen molar-refractivity contribution < 1.29 is 24.2 Å². The van der Waals surface area contributed by atoms with E-state index in [-0.39, 0.29) is 40.7 Å². The Bertz CT molecular complexity index is 814. The van der Waals surface area contributed by atoms with Crippen molar-refractivity contribution in [3.05, 3.63) is 23.8 Å². The number of carbonyl (C=O) groups excluding carboxylic acids is 2. The first kappa shape index (κ1) is 17.6. The molecule has 5 aliphatic rings. The van der Waals surface area contributed by atoms with E-state index < -0.39 is 17.0 Å². The molecule has 1 spiro atoms. The fourth-order valence-electron chi connectivity index (χ4n) is 7.57. The summed E-state index contributed by atoms with van der Waals surface area (Å²) in [5, 5.41) is 11.5. The minimum atomic E-state index is -1.47. The van der Waals surface area contributed by atoms with Crippen LogP contribution in [0.25, 0.3) is 0 Å². The Hall–Kier alpha value is -1.46. The van der Waals surface area contributed by atoms with Gasteiger partial charge in [0, 0.05) is 10.8 Å². The number of aliphatic hydroxyl groups is 1. The predicted molar refractivity (Wildman–Crippen MR) is 97.6 cm³/mol. The Labute approximate surface area is 159 Å². The van der Waals surface area contributed by atoms with Gasteiger partial charge in [-0.05, 0) is 62.5 Å². The molecule has 4 aliphatic carbocycles. The van der Waals surface area contributed by atoms with E-state index >= 15 is 0 Å². The fourth-order valence-corrected chi connectivity index (χ4v) is 7.57. The van der Waals surface area contributed by atoms with Gasteiger partial charge in [0.25, 0.3) is 0 Å². The summed E-state index contributed by atoms with van der Waals surface area (Å²) in [5.74, 6) is -0.145. The lowest BCUT2D eigenvalue weighted by molar-refractivity contribution is -0.187. The van der Waals surface area contributed by atoms with E-state index in [0.29, 0.717) is 6.42 Å². The molecular formula is C22H28O5. The molecule has 4 fully saturated rings. The Balaban J connectivity index is 1.60. The Morgan fingerprint density at radius 2 is 2.07 bits per heavy atom. The Morgan fingerprint density at radius 1 is 1.33 bits per heavy atom. The van der Waals surface area contributed by atoms with Gasteiger partial charge in [-0.15, -0.1) is 0 Å². The highest BCUT2D eigenvalue weighted by Gasteiger charge is 2.82. The molecule has 3 saturated carbocycles. The molecule has 5 rings (SSSR count). The molecule has 5 heteroatoms. The van der Waals surface area contributed by atoms with Gasteiger partial charge in [-0.25, -0.2) is 4.79 Å². The van der Waals surface area contributed by atoms with Crippen LogP contribution in [-0.4, -0.2) is 41.3 Å². The molecule has 0 aromatic carbocycles. The zero-order chi connectivity index (χ0) is 19.4. The highest BCUT2D eigenvalue weighted by atomic mass is 16.6. The van der Waals surface area contributed by atoms with Gasteiger partial charge in [0.1, 0.15) is 5.60 Å². The molecule has 0 bridgehead atoms. The number of esters is 1. The van der Waals surface area contributed by atoms with E-state index in [1.165, 1.54) is 12.7 Å². The highest BCUT2D eigenvalue weighted by molar-refractivity contribution is 6.01. The van der Waals surface area contributed by atoms with E-state index in [1.807, 2.05) is 13.0 Å². The van der Waals surface area contributed by atoms with Crippen molar-refractivity contribution in [1.29, 1.82) is 0 Å². The summed E-state index contributed by atoms with van der Waals surface area (Å²) in [7, 11) is 1.35. The molecule has 1 saturated heterocycles. The second kappa shape index (κ2) is 4.93. The largest absolute Gasteiger partial charge is 0.467 e. The SMILES string of the molecule is COC(=O)[C@@]1(O)[C@@H](C)C[C@H]2[C@@H]3CCC4=CC(=O)C=C[C@]4(C)[C@@]34O[C@H]4C[C@@]21C. The number of hydrogen-bond donors (Lipinski definition) is 1. The van der Waals surface area contributed by atoms with Crippen LogP contribution in [-0.2, 0) is 19.1 Å². The maximum Gasteiger partial charge on any atom is 0.338 e. The first-order valence-electron chi connectivity index (χ1n) is 10.1. The molecule has 0 unspecified atom stereocenters. The summed E-state index contributed by atoms with van der Waals surface area (Å²) in [6.07, 6.45) is 8.75. The monoisotopic (exact) mass is 372 g/mol. The van der Waals surface area contributed by atoms with Crippen molar-refractivity contribution in [3.8, 4) is 0 Å². The molecule has 146 valence electrons. The topological polar surface area (TPSA) is 76.1 Å². The number of carbonyl (C=O) groups is 2. The standard InChI is InChI=1S/C22H28O5/c1-12-9-16-15-6-5-13-10-14(23)7-8-19(13,2)22(15)17(27-22)11-20(16,3)21(12,25)18(24)26-4/h7-8,10,12,15-17,25H,5-6,9,11H2,1-4H3/t12-,15-,16-,17-,19-,20-,21-,22+/m0/s1. The summed E-state index contributed by atoms with van der Waals surface area (Å²) >= 11 is 0. The van der Waals surface area contributed by atoms with Crippen molar-refractivity contribution >= 4 is 11.8 Å². The average molecular weight is 372 g/mol. The van der Waals surface area contributed by atoms with Gasteiger partial charge < -0.3 is 14.6 Å². The third-order valence-electron chi connectivity index (χ3n) is 9.01. The van der Waals surface area contributed by atoms with Gasteiger partial charge in [0.05, 0.1) is 13.2 Å². The van der Waals surface area contributed by atoms with Crippen LogP contribution in [0.15, 0.2) is 23.8 Å². The molecule has 1 heterocycles. The lowest BCUT2D eigenvalue weighted by Crippen LogP contribution is -2.62. The van der Waals surface area contributed by atoms with Crippen LogP contribution in [0.4, 0.5) is 0 Å². The maximum atomic E-state index is 12.6. The van der Waals surface area contributed by atoms with E-state index in [4.69, 9.17) is 9.47 Å². The number of ether oxygens (including phenoxy) is 2. The van der Waals surface area contributed by atoms with Gasteiger partial charge in [-0.1, -0.05) is 25.5 Å². The van der Waals surface area contributed by atoms with Gasteiger partial charge in [0.15, 0.2) is 11.4 Å². The summed E-state index contributed by atoms with van der Waals surface area (Å²) in [6.45, 7) is 6.22. The number of methoxy groups -OCH3 is 1. The van der Waals surface area contributed by atoms with Crippen molar-refractivity contribution in [1.82, 2.24) is 0 Å². The zero-order valence-corrected chi connectivity index (χ0v) is 16.5. The molecule has 0 aromatic rings. The Kier molecular flexibility index (Phi) is 3.22. The minimum absolute atomic E-state index is 0.00298. The first-order chi connectivity index (χ1) is 12.6. The third kappa shape index (κ3) is 1.70. The van der Waals surface area contributed by atoms with Crippen LogP contribution in [0.2, 0.25) is 0 Å². The van der Waals surface area contributed by atoms with Crippen LogP contribution >= 0.6 is 0 Å². The molecule has 0 radical (unpaired) electrons. The van der Waals surface area contributed by atoms with E-state index in [2.05, 4.69) is 13.8 Å². The van der Waals surface area contributed by atoms with E-state index in [0.717, 1.165) is 19.3 Å². The van der Waals surface area contributed by atoms with Gasteiger partial charge in [-0.3, -0.25) is 4.79 Å². The number of fused-ring (bicyclic) bond motifs is 3. The maximum absolute atomic E-state index is 12.6. The molecule has 5 nitrogen and oxygen atoms in total. The first-order valence-corrected chi connectivity index (χ1v) is 10.1. The second-order valence-electron chi connectivity index (χ2n) is 9.78. The number of ketones is 1. The normalized spacial score (nSPS) is 55.0. The van der Waals surface area contributed by atoms with Crippen LogP contribution in [0.1, 0.15) is 46.5 Å². The predicted octanol–water partition coefficient (Wildman–Crippen LogP) is 2.58. The molecule has 8 atom stereocenters. The van der Waals surface area contributed by atoms with Gasteiger partial charge in [-0.2, -0.15) is 0 Å². The fraction of sp³-hybridized carbons (Fsp3) is 0.727. The van der Waals surface area contributed by atoms with Crippen molar-refractivity contribution in [2.24, 2.45) is 28.6 Å². The lowest BCUT2D eigenvalue weighted by Gasteiger charge is -2.55. The molecule has 0 aromatic heterocycles. The minimum Gasteiger partial charge on any atom is -0.467 e. The summed E-state index contributed by atoms with van der Waals surface area (Å²) < 4.78 is 11.5. The van der Waals surface area contributed by atoms with Gasteiger partial charge >= 0.3 is 5.97 Å². The van der Waals surface area contributed by atoms with Crippen LogP contribution in [0.3, 0.4) is 0 Å². The summed E-state index contributed by atoms with van der Waals surface area (Å²) in [4.78, 5) is 24.6. The molecule has 27 heavy (non-hydrogen) atoms. The number of hydrogen-bond acceptors (Lipinski definition) is 5. The third-order valence-corrected chi connectivity index (χ3v) is 9.01. The molecule has 1 aliphatic heterocycles. The van der Waals surface area contributed by atoms with Crippen LogP contribution in [0, 0.1) is 28.6 Å². The van der Waals surface area contributed by atoms with Crippen molar-refractivity contribution in [2.45, 2.75) is 63.8 Å². The quantitative estimate of drug-likeness (QED) is 0.566. The van der Waals surface area contributed by atoms with Gasteiger partial charge in [0.2, 0.25) is 0 Å². The van der Waals surface area contributed by atoms with Crippen LogP contribution in [0.5, 0.6) is 0 Å². The van der Waals surface area contributed by atoms with Crippen LogP contribution < -0.4 is 0 Å². The molecule has 0 amide bonds. The molecule has 1 N–H and O–H groups in total. The number of rotatable bonds is 1. The Morgan fingerprint density at radius 3 is 2.78 bits per heavy atom. The van der Waals surface area contributed by atoms with E-state index in [1.54, 1.807) is 12.2 Å². The highest BCUT2D eigenvalue weighted by Crippen LogP contribution is 2.76. The van der Waals surface area contributed by atoms with Crippen molar-refractivity contribution in [3.63, 3.8) is 0 Å². The zero-order valence-electron chi connectivity index (χ0n) is 16.5. The van der Waals surface area contributed by atoms with E-state index in [9.17, 15) is 14.7 Å². The summed E-state index contributed by atoms with van der Waals surface area (Å²) in [6, 6.07) is 0. The number of epoxide rings is 1. The number of allylic oxidation sites excluding steroid dienone is 2. The van der Waals surface area contributed by atoms with Crippen molar-refractivity contribution in [2.75, 3.05) is 7.11 Å². The molecular weight excluding hydrogens is 344 g/mol.